The molecular weight excluding hydrogens is 1580 g/mol. The third-order valence-electron chi connectivity index (χ3n) is 24.0. The van der Waals surface area contributed by atoms with Gasteiger partial charge in [-0.15, -0.1) is 48.5 Å². The van der Waals surface area contributed by atoms with Crippen LogP contribution in [0.25, 0.3) is 0 Å². The largest absolute Gasteiger partial charge is 0.573 e. The Morgan fingerprint density at radius 2 is 0.807 bits per heavy atom. The van der Waals surface area contributed by atoms with Crippen molar-refractivity contribution in [3.8, 4) is 5.75 Å². The van der Waals surface area contributed by atoms with Crippen LogP contribution < -0.4 is 20.7 Å². The number of nitrogens with zero attached hydrogens (tertiary/aromatic N) is 9. The van der Waals surface area contributed by atoms with E-state index in [-0.39, 0.29) is 115 Å². The Hall–Kier alpha value is -9.48. The highest BCUT2D eigenvalue weighted by atomic mass is 32.2. The van der Waals surface area contributed by atoms with Gasteiger partial charge in [0, 0.05) is 140 Å². The summed E-state index contributed by atoms with van der Waals surface area (Å²) in [6.07, 6.45) is 3.04. The Morgan fingerprint density at radius 3 is 1.24 bits per heavy atom. The third kappa shape index (κ3) is 21.6. The molecule has 6 unspecified atom stereocenters. The topological polar surface area (TPSA) is 228 Å². The number of para-hydroxylation sites is 3. The van der Waals surface area contributed by atoms with E-state index in [0.29, 0.717) is 133 Å². The Bertz CT molecular complexity index is 4640. The number of benzene rings is 6. The molecular formula is C90H112F4N12O10S3. The minimum Gasteiger partial charge on any atom is -0.406 e. The minimum absolute atomic E-state index is 0. The van der Waals surface area contributed by atoms with Crippen molar-refractivity contribution in [2.45, 2.75) is 201 Å². The van der Waals surface area contributed by atoms with Crippen LogP contribution in [-0.4, -0.2) is 203 Å². The number of hydrogen-bond acceptors (Lipinski definition) is 13. The SMILES string of the molecule is CC(C)CCN1C(=O)C(CC(=O)N2CCC(N3Cc4ccccc4NC3=O)CC2)SC1c1cccc(OC(F)(F)F)c1.CC(C)CCN1C(=O)C(CC(=O)N2CCC(N3Cc4ccccc4NC3=O)CC2)SC1c1ccccc1F.Cc1ccccc1C1SC(CC(=O)N2CCC(N3CCc4ccccc4NC3=O)CC2)C(=O)N1CCC(C)C.[HH]. The van der Waals surface area contributed by atoms with E-state index >= 15 is 0 Å². The van der Waals surface area contributed by atoms with Gasteiger partial charge in [0.2, 0.25) is 35.4 Å². The van der Waals surface area contributed by atoms with Crippen molar-refractivity contribution in [3.63, 3.8) is 0 Å². The number of thioether (sulfide) groups is 3. The maximum atomic E-state index is 14.7. The van der Waals surface area contributed by atoms with E-state index in [1.165, 1.54) is 53.4 Å². The molecule has 29 heteroatoms. The van der Waals surface area contributed by atoms with Crippen molar-refractivity contribution in [1.82, 2.24) is 44.1 Å². The van der Waals surface area contributed by atoms with Gasteiger partial charge in [-0.05, 0) is 159 Å². The van der Waals surface area contributed by atoms with Crippen LogP contribution in [0.3, 0.4) is 0 Å². The molecule has 0 spiro atoms. The number of carbonyl (C=O) groups is 9. The lowest BCUT2D eigenvalue weighted by Crippen LogP contribution is -2.51. The first kappa shape index (κ1) is 87.3. The van der Waals surface area contributed by atoms with Crippen molar-refractivity contribution in [1.29, 1.82) is 0 Å². The van der Waals surface area contributed by atoms with Gasteiger partial charge in [0.05, 0.1) is 15.7 Å². The summed E-state index contributed by atoms with van der Waals surface area (Å²) in [7, 11) is 0. The summed E-state index contributed by atoms with van der Waals surface area (Å²) in [5.41, 5.74) is 9.23. The molecule has 119 heavy (non-hydrogen) atoms. The number of carbonyl (C=O) groups excluding carboxylic acids is 9. The number of aryl methyl sites for hydroxylation is 1. The molecule has 12 amide bonds. The molecule has 6 fully saturated rings. The fourth-order valence-electron chi connectivity index (χ4n) is 17.1. The van der Waals surface area contributed by atoms with Gasteiger partial charge in [-0.25, -0.2) is 18.8 Å². The molecule has 9 heterocycles. The maximum Gasteiger partial charge on any atom is 0.573 e. The highest BCUT2D eigenvalue weighted by molar-refractivity contribution is 8.01. The standard InChI is InChI=1S/C31H40N4O3S.C30H35F3N4O4S.C29H35FN4O3S.H2/c1-21(2)12-18-35-29(37)27(39-30(35)25-10-6-4-8-22(25)3)20-28(36)33-16-14-24(15-17-33)34-19-13-23-9-5-7-11-26(23)32-31(34)38;1-19(2)10-15-36-27(39)25(42-28(36)20-7-5-8-23(16-20)41-30(31,32)33)17-26(38)35-13-11-22(12-14-35)37-18-21-6-3-4-9-24(21)34-29(37)40;1-19(2)11-16-33-27(36)25(38-28(33)22-8-4-5-9-23(22)30)17-26(35)32-14-12-21(13-15-32)34-18-20-7-3-6-10-24(20)31-29(34)37;/h4-11,21,24,27,30H,12-20H2,1-3H3,(H,32,38);3-9,16,19,22,25,28H,10-15,17-18H2,1-2H3,(H,34,40);3-10,19,21,25,28H,11-18H2,1-2H3,(H,31,37);1H. The fraction of sp³-hybridized carbons (Fsp3) is 0.500. The van der Waals surface area contributed by atoms with Crippen LogP contribution in [0, 0.1) is 30.5 Å². The molecule has 0 saturated carbocycles. The molecule has 6 atom stereocenters. The molecule has 0 aliphatic carbocycles. The van der Waals surface area contributed by atoms with Crippen molar-refractivity contribution in [3.05, 3.63) is 190 Å². The number of anilines is 3. The van der Waals surface area contributed by atoms with Crippen LogP contribution >= 0.6 is 35.3 Å². The highest BCUT2D eigenvalue weighted by Crippen LogP contribution is 2.49. The van der Waals surface area contributed by atoms with Crippen LogP contribution in [0.5, 0.6) is 5.75 Å². The van der Waals surface area contributed by atoms with Gasteiger partial charge >= 0.3 is 24.5 Å². The van der Waals surface area contributed by atoms with Gasteiger partial charge in [0.1, 0.15) is 27.7 Å². The molecule has 3 N–H and O–H groups in total. The average molecular weight is 1690 g/mol. The van der Waals surface area contributed by atoms with Crippen LogP contribution in [0.4, 0.5) is 49.0 Å². The van der Waals surface area contributed by atoms with Crippen LogP contribution in [0.15, 0.2) is 146 Å². The number of ether oxygens (including phenoxy) is 1. The number of urea groups is 3. The lowest BCUT2D eigenvalue weighted by Gasteiger charge is -2.40. The fourth-order valence-corrected chi connectivity index (χ4v) is 21.6. The first-order chi connectivity index (χ1) is 57.1. The summed E-state index contributed by atoms with van der Waals surface area (Å²) >= 11 is 4.31. The molecule has 0 bridgehead atoms. The van der Waals surface area contributed by atoms with Crippen LogP contribution in [0.1, 0.15) is 175 Å². The average Bonchev–Trinajstić information content (AvgIpc) is 1.75. The first-order valence-corrected chi connectivity index (χ1v) is 44.8. The number of rotatable bonds is 22. The van der Waals surface area contributed by atoms with E-state index in [4.69, 9.17) is 0 Å². The molecule has 9 aliphatic heterocycles. The number of hydrogen-bond donors (Lipinski definition) is 3. The van der Waals surface area contributed by atoms with Gasteiger partial charge in [-0.2, -0.15) is 0 Å². The zero-order chi connectivity index (χ0) is 84.3. The Balaban J connectivity index is 0.000000165. The van der Waals surface area contributed by atoms with E-state index in [1.807, 2.05) is 122 Å². The second-order valence-electron chi connectivity index (χ2n) is 33.5. The van der Waals surface area contributed by atoms with Gasteiger partial charge < -0.3 is 64.8 Å². The predicted molar refractivity (Wildman–Crippen MR) is 459 cm³/mol. The zero-order valence-electron chi connectivity index (χ0n) is 68.8. The van der Waals surface area contributed by atoms with E-state index in [0.717, 1.165) is 77.8 Å². The summed E-state index contributed by atoms with van der Waals surface area (Å²) < 4.78 is 57.3. The molecule has 638 valence electrons. The van der Waals surface area contributed by atoms with Crippen LogP contribution in [-0.2, 0) is 48.3 Å². The van der Waals surface area contributed by atoms with Gasteiger partial charge in [0.15, 0.2) is 0 Å². The molecule has 0 aromatic heterocycles. The summed E-state index contributed by atoms with van der Waals surface area (Å²) in [5.74, 6) is 0.229. The van der Waals surface area contributed by atoms with Crippen molar-refractivity contribution >= 4 is 106 Å². The van der Waals surface area contributed by atoms with E-state index in [1.54, 1.807) is 50.7 Å². The van der Waals surface area contributed by atoms with Gasteiger partial charge in [0.25, 0.3) is 0 Å². The predicted octanol–water partition coefficient (Wildman–Crippen LogP) is 16.9. The summed E-state index contributed by atoms with van der Waals surface area (Å²) in [5, 5.41) is 6.47. The molecule has 6 aromatic rings. The zero-order valence-corrected chi connectivity index (χ0v) is 71.3. The lowest BCUT2D eigenvalue weighted by molar-refractivity contribution is -0.274. The summed E-state index contributed by atoms with van der Waals surface area (Å²) in [6.45, 7) is 21.5. The summed E-state index contributed by atoms with van der Waals surface area (Å²) in [6, 6.07) is 43.9. The molecule has 0 radical (unpaired) electrons. The number of alkyl halides is 3. The number of likely N-dealkylation sites (tertiary alicyclic amines) is 3. The second-order valence-corrected chi connectivity index (χ2v) is 37.3. The van der Waals surface area contributed by atoms with Crippen molar-refractivity contribution in [2.24, 2.45) is 17.8 Å². The third-order valence-corrected chi connectivity index (χ3v) is 28.4. The molecule has 15 rings (SSSR count). The number of amides is 12. The van der Waals surface area contributed by atoms with E-state index in [9.17, 15) is 60.7 Å². The monoisotopic (exact) mass is 1690 g/mol. The summed E-state index contributed by atoms with van der Waals surface area (Å²) in [4.78, 5) is 135. The highest BCUT2D eigenvalue weighted by Gasteiger charge is 2.48. The van der Waals surface area contributed by atoms with Crippen molar-refractivity contribution < 1.29 is 66.9 Å². The molecule has 6 aromatic carbocycles. The number of fused-ring (bicyclic) bond motifs is 3. The number of piperidine rings is 3. The Kier molecular flexibility index (Phi) is 28.9. The Morgan fingerprint density at radius 1 is 0.445 bits per heavy atom. The van der Waals surface area contributed by atoms with Gasteiger partial charge in [-0.3, -0.25) is 28.8 Å². The molecule has 6 saturated heterocycles. The lowest BCUT2D eigenvalue weighted by atomic mass is 10.0. The number of halogens is 4. The maximum absolute atomic E-state index is 14.7. The van der Waals surface area contributed by atoms with Crippen LogP contribution in [0.2, 0.25) is 0 Å². The normalized spacial score (nSPS) is 21.9. The smallest absolute Gasteiger partial charge is 0.406 e. The Labute approximate surface area is 709 Å². The quantitative estimate of drug-likeness (QED) is 0.0538. The first-order valence-electron chi connectivity index (χ1n) is 41.9. The molecule has 9 aliphatic rings. The van der Waals surface area contributed by atoms with Crippen molar-refractivity contribution in [2.75, 3.05) is 81.4 Å². The molecule has 22 nitrogen and oxygen atoms in total. The van der Waals surface area contributed by atoms with Gasteiger partial charge in [-0.1, -0.05) is 151 Å². The second kappa shape index (κ2) is 39.4. The minimum atomic E-state index is -4.82. The van der Waals surface area contributed by atoms with E-state index in [2.05, 4.69) is 73.5 Å². The van der Waals surface area contributed by atoms with E-state index < -0.39 is 27.6 Å². The number of nitrogens with one attached hydrogen (secondary N) is 3.